The second kappa shape index (κ2) is 8.99. The lowest BCUT2D eigenvalue weighted by atomic mass is 9.88. The number of aliphatic hydroxyl groups is 1. The fourth-order valence-corrected chi connectivity index (χ4v) is 4.53. The Labute approximate surface area is 197 Å². The molecule has 0 aliphatic carbocycles. The van der Waals surface area contributed by atoms with Crippen LogP contribution >= 0.6 is 0 Å². The summed E-state index contributed by atoms with van der Waals surface area (Å²) in [6.07, 6.45) is 1.29. The van der Waals surface area contributed by atoms with Crippen LogP contribution in [0, 0.1) is 12.7 Å². The van der Waals surface area contributed by atoms with Gasteiger partial charge in [-0.3, -0.25) is 4.94 Å². The molecule has 0 saturated heterocycles. The third-order valence-electron chi connectivity index (χ3n) is 6.12. The smallest absolute Gasteiger partial charge is 0.173 e. The van der Waals surface area contributed by atoms with E-state index in [4.69, 9.17) is 0 Å². The molecule has 34 heavy (non-hydrogen) atoms. The van der Waals surface area contributed by atoms with Crippen LogP contribution in [0.5, 0.6) is 5.75 Å². The largest absolute Gasteiger partial charge is 0.385 e. The van der Waals surface area contributed by atoms with E-state index >= 15 is 4.39 Å². The molecule has 4 rings (SSSR count). The molecule has 5 nitrogen and oxygen atoms in total. The monoisotopic (exact) mass is 463 g/mol. The summed E-state index contributed by atoms with van der Waals surface area (Å²) in [6.45, 7) is 9.46. The molecule has 0 spiro atoms. The SMILES string of the molecule is C=Cc1cc2c(N(C)C)nc(C(C)O)nc2c(F)c1-c1cc(OF)cc2ccc(C)c(CC)c12. The minimum Gasteiger partial charge on any atom is -0.385 e. The number of anilines is 1. The number of benzene rings is 3. The maximum absolute atomic E-state index is 16.4. The van der Waals surface area contributed by atoms with E-state index < -0.39 is 11.9 Å². The molecule has 7 heteroatoms. The molecule has 3 aromatic carbocycles. The van der Waals surface area contributed by atoms with Gasteiger partial charge >= 0.3 is 0 Å². The first kappa shape index (κ1) is 23.6. The number of halogens is 2. The van der Waals surface area contributed by atoms with Crippen LogP contribution in [-0.4, -0.2) is 29.2 Å². The van der Waals surface area contributed by atoms with Crippen molar-refractivity contribution in [2.45, 2.75) is 33.3 Å². The maximum atomic E-state index is 16.4. The van der Waals surface area contributed by atoms with E-state index in [-0.39, 0.29) is 22.7 Å². The molecule has 1 atom stereocenters. The first-order chi connectivity index (χ1) is 16.2. The first-order valence-electron chi connectivity index (χ1n) is 11.1. The van der Waals surface area contributed by atoms with Crippen molar-refractivity contribution in [1.29, 1.82) is 0 Å². The average molecular weight is 464 g/mol. The molecular weight excluding hydrogens is 436 g/mol. The highest BCUT2D eigenvalue weighted by atomic mass is 19.3. The van der Waals surface area contributed by atoms with Gasteiger partial charge in [0.05, 0.1) is 0 Å². The normalized spacial score (nSPS) is 12.2. The second-order valence-corrected chi connectivity index (χ2v) is 8.59. The van der Waals surface area contributed by atoms with Crippen molar-refractivity contribution < 1.29 is 19.0 Å². The molecule has 0 radical (unpaired) electrons. The van der Waals surface area contributed by atoms with E-state index in [1.54, 1.807) is 37.2 Å². The van der Waals surface area contributed by atoms with Gasteiger partial charge in [-0.1, -0.05) is 31.7 Å². The Morgan fingerprint density at radius 1 is 1.21 bits per heavy atom. The van der Waals surface area contributed by atoms with E-state index in [1.165, 1.54) is 13.0 Å². The van der Waals surface area contributed by atoms with Gasteiger partial charge in [0.25, 0.3) is 0 Å². The second-order valence-electron chi connectivity index (χ2n) is 8.59. The van der Waals surface area contributed by atoms with Gasteiger partial charge < -0.3 is 10.0 Å². The van der Waals surface area contributed by atoms with Crippen LogP contribution in [0.1, 0.15) is 42.5 Å². The predicted molar refractivity (Wildman–Crippen MR) is 133 cm³/mol. The summed E-state index contributed by atoms with van der Waals surface area (Å²) >= 11 is 0. The number of aliphatic hydroxyl groups excluding tert-OH is 1. The lowest BCUT2D eigenvalue weighted by molar-refractivity contribution is -0.00598. The number of nitrogens with zero attached hydrogens (tertiary/aromatic N) is 3. The number of fused-ring (bicyclic) bond motifs is 2. The Bertz CT molecular complexity index is 1430. The Morgan fingerprint density at radius 3 is 2.53 bits per heavy atom. The van der Waals surface area contributed by atoms with Crippen LogP contribution < -0.4 is 9.84 Å². The van der Waals surface area contributed by atoms with Crippen molar-refractivity contribution in [2.24, 2.45) is 0 Å². The van der Waals surface area contributed by atoms with Crippen molar-refractivity contribution in [3.63, 3.8) is 0 Å². The Hall–Kier alpha value is -3.58. The van der Waals surface area contributed by atoms with E-state index in [0.717, 1.165) is 21.9 Å². The molecule has 4 aromatic rings. The van der Waals surface area contributed by atoms with E-state index in [9.17, 15) is 9.63 Å². The standard InChI is InChI=1S/C27H27F2N3O2/c1-7-16-12-21-25(30-26(15(4)33)31-27(21)32(5)6)24(28)23(16)20-13-18(34-29)11-17-10-9-14(3)19(8-2)22(17)20/h7,9-13,15,33H,1,8H2,2-6H3. The van der Waals surface area contributed by atoms with E-state index in [2.05, 4.69) is 21.5 Å². The summed E-state index contributed by atoms with van der Waals surface area (Å²) in [5.41, 5.74) is 3.41. The maximum Gasteiger partial charge on any atom is 0.173 e. The lowest BCUT2D eigenvalue weighted by Crippen LogP contribution is -2.15. The molecule has 0 aliphatic heterocycles. The highest BCUT2D eigenvalue weighted by Crippen LogP contribution is 2.42. The molecule has 1 N–H and O–H groups in total. The number of hydrogen-bond donors (Lipinski definition) is 1. The molecule has 1 unspecified atom stereocenters. The summed E-state index contributed by atoms with van der Waals surface area (Å²) in [4.78, 5) is 14.6. The van der Waals surface area contributed by atoms with Gasteiger partial charge in [-0.05, 0) is 71.5 Å². The van der Waals surface area contributed by atoms with Crippen molar-refractivity contribution in [3.05, 3.63) is 65.2 Å². The van der Waals surface area contributed by atoms with Crippen LogP contribution in [0.2, 0.25) is 0 Å². The van der Waals surface area contributed by atoms with Crippen molar-refractivity contribution in [1.82, 2.24) is 9.97 Å². The van der Waals surface area contributed by atoms with Crippen molar-refractivity contribution in [2.75, 3.05) is 19.0 Å². The van der Waals surface area contributed by atoms with Crippen LogP contribution in [0.4, 0.5) is 14.7 Å². The molecule has 0 amide bonds. The topological polar surface area (TPSA) is 58.5 Å². The van der Waals surface area contributed by atoms with Crippen LogP contribution in [0.25, 0.3) is 38.9 Å². The fourth-order valence-electron chi connectivity index (χ4n) is 4.53. The van der Waals surface area contributed by atoms with E-state index in [1.807, 2.05) is 26.0 Å². The molecule has 1 heterocycles. The van der Waals surface area contributed by atoms with Gasteiger partial charge in [0.1, 0.15) is 17.4 Å². The molecule has 0 saturated carbocycles. The predicted octanol–water partition coefficient (Wildman–Crippen LogP) is 6.49. The zero-order chi connectivity index (χ0) is 24.7. The minimum atomic E-state index is -0.983. The van der Waals surface area contributed by atoms with E-state index in [0.29, 0.717) is 28.8 Å². The summed E-state index contributed by atoms with van der Waals surface area (Å²) in [5, 5.41) is 12.2. The highest BCUT2D eigenvalue weighted by Gasteiger charge is 2.23. The number of hydrogen-bond acceptors (Lipinski definition) is 5. The molecule has 176 valence electrons. The van der Waals surface area contributed by atoms with Gasteiger partial charge in [0, 0.05) is 29.6 Å². The van der Waals surface area contributed by atoms with Gasteiger partial charge in [-0.2, -0.15) is 0 Å². The lowest BCUT2D eigenvalue weighted by Gasteiger charge is -2.20. The van der Waals surface area contributed by atoms with Crippen molar-refractivity contribution in [3.8, 4) is 16.9 Å². The van der Waals surface area contributed by atoms with Gasteiger partial charge in [-0.25, -0.2) is 14.4 Å². The first-order valence-corrected chi connectivity index (χ1v) is 11.1. The number of aromatic nitrogens is 2. The molecule has 0 fully saturated rings. The number of rotatable bonds is 6. The molecule has 0 bridgehead atoms. The van der Waals surface area contributed by atoms with Crippen molar-refractivity contribution >= 4 is 33.6 Å². The van der Waals surface area contributed by atoms with Gasteiger partial charge in [0.2, 0.25) is 0 Å². The zero-order valence-corrected chi connectivity index (χ0v) is 19.9. The summed E-state index contributed by atoms with van der Waals surface area (Å²) in [6, 6.07) is 8.71. The van der Waals surface area contributed by atoms with Crippen LogP contribution in [0.3, 0.4) is 0 Å². The molecular formula is C27H27F2N3O2. The van der Waals surface area contributed by atoms with Crippen LogP contribution in [-0.2, 0) is 6.42 Å². The quantitative estimate of drug-likeness (QED) is 0.354. The highest BCUT2D eigenvalue weighted by molar-refractivity contribution is 6.05. The van der Waals surface area contributed by atoms with Crippen LogP contribution in [0.15, 0.2) is 36.9 Å². The summed E-state index contributed by atoms with van der Waals surface area (Å²) in [5.74, 6) is -0.0293. The minimum absolute atomic E-state index is 0.0238. The Kier molecular flexibility index (Phi) is 6.23. The molecule has 1 aromatic heterocycles. The third-order valence-corrected chi connectivity index (χ3v) is 6.12. The van der Waals surface area contributed by atoms with Gasteiger partial charge in [0.15, 0.2) is 17.4 Å². The number of aryl methyl sites for hydroxylation is 2. The Morgan fingerprint density at radius 2 is 1.94 bits per heavy atom. The summed E-state index contributed by atoms with van der Waals surface area (Å²) in [7, 11) is 3.58. The molecule has 0 aliphatic rings. The zero-order valence-electron chi connectivity index (χ0n) is 19.9. The Balaban J connectivity index is 2.22. The average Bonchev–Trinajstić information content (AvgIpc) is 2.82. The third kappa shape index (κ3) is 3.76. The fraction of sp³-hybridized carbons (Fsp3) is 0.259. The summed E-state index contributed by atoms with van der Waals surface area (Å²) < 4.78 is 29.8. The van der Waals surface area contributed by atoms with Gasteiger partial charge in [-0.15, -0.1) is 0 Å².